The van der Waals surface area contributed by atoms with Gasteiger partial charge in [0, 0.05) is 79.2 Å². The second-order valence-electron chi connectivity index (χ2n) is 18.1. The van der Waals surface area contributed by atoms with E-state index in [0.29, 0.717) is 45.5 Å². The van der Waals surface area contributed by atoms with Crippen LogP contribution < -0.4 is 30.8 Å². The lowest BCUT2D eigenvalue weighted by Gasteiger charge is -2.14. The number of alkyl halides is 6. The number of benzene rings is 5. The fourth-order valence-corrected chi connectivity index (χ4v) is 9.09. The molecule has 83 heavy (non-hydrogen) atoms. The van der Waals surface area contributed by atoms with E-state index in [4.69, 9.17) is 14.8 Å². The Morgan fingerprint density at radius 1 is 0.530 bits per heavy atom. The van der Waals surface area contributed by atoms with Crippen molar-refractivity contribution in [2.45, 2.75) is 53.1 Å². The van der Waals surface area contributed by atoms with Crippen LogP contribution in [0.25, 0.3) is 71.8 Å². The van der Waals surface area contributed by atoms with Crippen LogP contribution in [-0.4, -0.2) is 65.2 Å². The van der Waals surface area contributed by atoms with Crippen molar-refractivity contribution >= 4 is 45.3 Å². The van der Waals surface area contributed by atoms with Gasteiger partial charge in [-0.25, -0.2) is 18.2 Å². The predicted octanol–water partition coefficient (Wildman–Crippen LogP) is 12.8. The molecule has 0 unspecified atom stereocenters. The lowest BCUT2D eigenvalue weighted by Crippen LogP contribution is -2.29. The largest absolute Gasteiger partial charge is 0.573 e. The van der Waals surface area contributed by atoms with Gasteiger partial charge >= 0.3 is 19.8 Å². The van der Waals surface area contributed by atoms with Gasteiger partial charge in [0.25, 0.3) is 11.1 Å². The summed E-state index contributed by atoms with van der Waals surface area (Å²) < 4.78 is 132. The van der Waals surface area contributed by atoms with E-state index >= 15 is 0 Å². The first-order chi connectivity index (χ1) is 39.6. The Bertz CT molecular complexity index is 4100. The molecule has 3 N–H and O–H groups in total. The van der Waals surface area contributed by atoms with Gasteiger partial charge in [0.05, 0.1) is 39.8 Å². The van der Waals surface area contributed by atoms with Crippen LogP contribution in [0.2, 0.25) is 0 Å². The van der Waals surface area contributed by atoms with Crippen LogP contribution in [0.4, 0.5) is 39.5 Å². The zero-order valence-electron chi connectivity index (χ0n) is 44.5. The van der Waals surface area contributed by atoms with Crippen molar-refractivity contribution in [2.75, 3.05) is 7.11 Å². The Morgan fingerprint density at radius 2 is 0.940 bits per heavy atom. The monoisotopic (exact) mass is 1150 g/mol. The number of pyridine rings is 3. The molecule has 11 rings (SSSR count). The first kappa shape index (κ1) is 59.6. The van der Waals surface area contributed by atoms with Gasteiger partial charge in [-0.3, -0.25) is 14.2 Å². The summed E-state index contributed by atoms with van der Waals surface area (Å²) >= 11 is 0. The van der Waals surface area contributed by atoms with Crippen LogP contribution in [0, 0.1) is 17.5 Å². The molecule has 0 atom stereocenters. The number of hydrogen-bond donors (Lipinski definition) is 3. The number of methoxy groups -OCH3 is 1. The van der Waals surface area contributed by atoms with Gasteiger partial charge in [-0.2, -0.15) is 0 Å². The number of aryl methyl sites for hydroxylation is 3. The molecule has 6 heterocycles. The molecule has 0 aliphatic carbocycles. The van der Waals surface area contributed by atoms with E-state index in [1.807, 2.05) is 47.5 Å². The molecule has 0 aliphatic rings. The summed E-state index contributed by atoms with van der Waals surface area (Å²) in [6, 6.07) is 33.5. The maximum absolute atomic E-state index is 13.4. The second-order valence-corrected chi connectivity index (χ2v) is 18.1. The first-order valence-electron chi connectivity index (χ1n) is 25.4. The minimum atomic E-state index is -4.80. The Balaban J connectivity index is 0.000000150. The van der Waals surface area contributed by atoms with Crippen molar-refractivity contribution in [1.82, 2.24) is 28.2 Å². The van der Waals surface area contributed by atoms with Crippen molar-refractivity contribution in [3.8, 4) is 56.4 Å². The number of fused-ring (bicyclic) bond motifs is 3. The Kier molecular flexibility index (Phi) is 18.4. The molecule has 23 heteroatoms. The summed E-state index contributed by atoms with van der Waals surface area (Å²) in [6.45, 7) is 8.31. The Labute approximate surface area is 467 Å². The van der Waals surface area contributed by atoms with Gasteiger partial charge in [0.2, 0.25) is 5.88 Å². The second kappa shape index (κ2) is 25.5. The Hall–Kier alpha value is -9.48. The zero-order chi connectivity index (χ0) is 59.8. The van der Waals surface area contributed by atoms with E-state index in [2.05, 4.69) is 30.9 Å². The lowest BCUT2D eigenvalue weighted by atomic mass is 9.80. The normalized spacial score (nSPS) is 11.3. The van der Waals surface area contributed by atoms with Crippen molar-refractivity contribution in [1.29, 1.82) is 0 Å². The minimum absolute atomic E-state index is 0.0968. The first-order valence-corrected chi connectivity index (χ1v) is 25.4. The molecule has 0 radical (unpaired) electrons. The summed E-state index contributed by atoms with van der Waals surface area (Å²) in [4.78, 5) is 32.0. The summed E-state index contributed by atoms with van der Waals surface area (Å²) in [7, 11) is -0.0854. The number of H-pyrrole nitrogens is 1. The third-order valence-corrected chi connectivity index (χ3v) is 12.9. The fraction of sp³-hybridized carbons (Fsp3) is 0.150. The highest BCUT2D eigenvalue weighted by Gasteiger charge is 2.32. The number of halogens is 9. The van der Waals surface area contributed by atoms with E-state index in [9.17, 15) is 49.1 Å². The number of hydrogen-bond acceptors (Lipinski definition) is 8. The molecular weight excluding hydrogens is 1100 g/mol. The van der Waals surface area contributed by atoms with Gasteiger partial charge in [-0.1, -0.05) is 48.5 Å². The minimum Gasteiger partial charge on any atom is -0.481 e. The van der Waals surface area contributed by atoms with Gasteiger partial charge in [0.1, 0.15) is 29.0 Å². The Morgan fingerprint density at radius 3 is 1.39 bits per heavy atom. The topological polar surface area (TPSA) is 151 Å². The van der Waals surface area contributed by atoms with Crippen molar-refractivity contribution in [3.05, 3.63) is 215 Å². The van der Waals surface area contributed by atoms with Crippen molar-refractivity contribution in [3.63, 3.8) is 0 Å². The van der Waals surface area contributed by atoms with Gasteiger partial charge in [0.15, 0.2) is 0 Å². The number of nitrogens with one attached hydrogen (secondary N) is 1. The molecule has 13 nitrogen and oxygen atoms in total. The molecular formula is C60H50BF9N6O7. The summed E-state index contributed by atoms with van der Waals surface area (Å²) in [5.41, 5.74) is 7.84. The smallest absolute Gasteiger partial charge is 0.481 e. The maximum atomic E-state index is 13.4. The SMILES string of the molecule is CCn1ccc2c(=O)[nH]cc(-c3ccc(F)cc3)c21.CCn1ccc2c(=O)n(-c3ccc(OC(F)(F)F)cc3)cc(-c3ccc(F)cc3)c21.CCn1ccc2c(OC)ncc(-c3ccc(F)cc3)c21.OB(O)c1ccc(OC(F)(F)F)cc1. The van der Waals surface area contributed by atoms with Crippen LogP contribution in [-0.2, 0) is 19.6 Å². The van der Waals surface area contributed by atoms with Crippen molar-refractivity contribution in [2.24, 2.45) is 0 Å². The van der Waals surface area contributed by atoms with E-state index in [1.54, 1.807) is 74.4 Å². The molecule has 0 amide bonds. The quantitative estimate of drug-likeness (QED) is 0.0856. The third-order valence-electron chi connectivity index (χ3n) is 12.9. The zero-order valence-corrected chi connectivity index (χ0v) is 44.5. The highest BCUT2D eigenvalue weighted by atomic mass is 19.4. The summed E-state index contributed by atoms with van der Waals surface area (Å²) in [5.74, 6) is -1.06. The van der Waals surface area contributed by atoms with Gasteiger partial charge < -0.3 is 42.9 Å². The molecule has 0 spiro atoms. The van der Waals surface area contributed by atoms with E-state index in [1.165, 1.54) is 53.1 Å². The third kappa shape index (κ3) is 14.2. The lowest BCUT2D eigenvalue weighted by molar-refractivity contribution is -0.275. The molecule has 11 aromatic rings. The molecule has 0 fully saturated rings. The average molecular weight is 1150 g/mol. The molecule has 5 aromatic carbocycles. The predicted molar refractivity (Wildman–Crippen MR) is 299 cm³/mol. The highest BCUT2D eigenvalue weighted by Crippen LogP contribution is 2.35. The number of ether oxygens (including phenoxy) is 3. The number of nitrogens with zero attached hydrogens (tertiary/aromatic N) is 5. The van der Waals surface area contributed by atoms with Crippen LogP contribution >= 0.6 is 0 Å². The van der Waals surface area contributed by atoms with Gasteiger partial charge in [-0.15, -0.1) is 26.3 Å². The number of aromatic nitrogens is 6. The van der Waals surface area contributed by atoms with E-state index in [0.717, 1.165) is 88.2 Å². The van der Waals surface area contributed by atoms with Gasteiger partial charge in [-0.05, 0) is 134 Å². The van der Waals surface area contributed by atoms with Crippen LogP contribution in [0.5, 0.6) is 17.4 Å². The average Bonchev–Trinajstić information content (AvgIpc) is 4.47. The molecule has 428 valence electrons. The molecule has 6 aromatic heterocycles. The molecule has 0 aliphatic heterocycles. The fourth-order valence-electron chi connectivity index (χ4n) is 9.09. The highest BCUT2D eigenvalue weighted by molar-refractivity contribution is 6.58. The summed E-state index contributed by atoms with van der Waals surface area (Å²) in [6.07, 6.45) is 1.25. The molecule has 0 saturated carbocycles. The van der Waals surface area contributed by atoms with Crippen LogP contribution in [0.15, 0.2) is 186 Å². The van der Waals surface area contributed by atoms with Crippen LogP contribution in [0.1, 0.15) is 20.8 Å². The summed E-state index contributed by atoms with van der Waals surface area (Å²) in [5, 5.41) is 19.4. The molecule has 0 bridgehead atoms. The van der Waals surface area contributed by atoms with E-state index in [-0.39, 0.29) is 39.8 Å². The van der Waals surface area contributed by atoms with Crippen LogP contribution in [0.3, 0.4) is 0 Å². The number of rotatable bonds is 11. The number of aromatic amines is 1. The van der Waals surface area contributed by atoms with E-state index < -0.39 is 25.6 Å². The van der Waals surface area contributed by atoms with Crippen molar-refractivity contribution < 1.29 is 63.8 Å². The molecule has 0 saturated heterocycles. The standard InChI is InChI=1S/C22H16F4N2O2.C16H15FN2O.C15H13FN2O.C7H6BF3O3/c1-2-27-12-11-18-20(27)19(14-3-5-15(23)6-4-14)13-28(21(18)29)16-7-9-17(10-8-16)30-22(24,25)26;1-3-19-9-8-13-15(19)14(10-18-16(13)20-2)11-4-6-12(17)7-5-11;1-2-18-8-7-12-14(18)13(9-17-15(12)19)10-3-5-11(16)6-4-10;9-7(10,11)14-6-3-1-5(2-4-6)8(12)13/h3-13H,2H2,1H3;4-10H,3H2,1-2H3;3-9H,2H2,1H3,(H,17,19);1-4,12-13H. The maximum Gasteiger partial charge on any atom is 0.573 e.